The van der Waals surface area contributed by atoms with Gasteiger partial charge < -0.3 is 4.74 Å². The predicted molar refractivity (Wildman–Crippen MR) is 82.2 cm³/mol. The van der Waals surface area contributed by atoms with Crippen LogP contribution in [0.5, 0.6) is 0 Å². The molecule has 1 aromatic rings. The highest BCUT2D eigenvalue weighted by Crippen LogP contribution is 2.44. The van der Waals surface area contributed by atoms with Gasteiger partial charge in [0.05, 0.1) is 11.4 Å². The van der Waals surface area contributed by atoms with Crippen LogP contribution in [0, 0.1) is 12.8 Å². The third kappa shape index (κ3) is 2.94. The summed E-state index contributed by atoms with van der Waals surface area (Å²) in [7, 11) is 0. The second-order valence-corrected chi connectivity index (χ2v) is 7.11. The molecule has 0 radical (unpaired) electrons. The van der Waals surface area contributed by atoms with Crippen LogP contribution in [0.3, 0.4) is 0 Å². The molecule has 1 saturated carbocycles. The lowest BCUT2D eigenvalue weighted by atomic mass is 9.71. The first-order valence-electron chi connectivity index (χ1n) is 7.54. The molecule has 1 spiro atoms. The number of hydrogen-bond donors (Lipinski definition) is 0. The zero-order chi connectivity index (χ0) is 14.0. The van der Waals surface area contributed by atoms with Crippen molar-refractivity contribution in [1.82, 2.24) is 0 Å². The van der Waals surface area contributed by atoms with E-state index in [1.807, 2.05) is 12.1 Å². The Morgan fingerprint density at radius 2 is 2.20 bits per heavy atom. The summed E-state index contributed by atoms with van der Waals surface area (Å²) in [5.74, 6) is 1.24. The number of carbonyl (C=O) groups excluding carboxylic acids is 1. The molecule has 0 aromatic heterocycles. The van der Waals surface area contributed by atoms with Gasteiger partial charge in [0.2, 0.25) is 0 Å². The third-order valence-electron chi connectivity index (χ3n) is 4.68. The monoisotopic (exact) mass is 290 g/mol. The van der Waals surface area contributed by atoms with E-state index >= 15 is 0 Å². The fourth-order valence-corrected chi connectivity index (χ4v) is 4.21. The molecule has 2 fully saturated rings. The van der Waals surface area contributed by atoms with Crippen LogP contribution in [-0.2, 0) is 9.53 Å². The normalized spacial score (nSPS) is 24.4. The first-order chi connectivity index (χ1) is 9.69. The van der Waals surface area contributed by atoms with Crippen molar-refractivity contribution in [3.8, 4) is 0 Å². The number of benzene rings is 1. The average molecular weight is 290 g/mol. The van der Waals surface area contributed by atoms with Gasteiger partial charge in [0.1, 0.15) is 5.78 Å². The van der Waals surface area contributed by atoms with E-state index in [-0.39, 0.29) is 11.5 Å². The Kier molecular flexibility index (Phi) is 4.18. The molecule has 0 N–H and O–H groups in total. The maximum Gasteiger partial charge on any atom is 0.146 e. The Hall–Kier alpha value is -0.800. The van der Waals surface area contributed by atoms with Gasteiger partial charge in [0.15, 0.2) is 0 Å². The topological polar surface area (TPSA) is 26.3 Å². The van der Waals surface area contributed by atoms with Gasteiger partial charge in [-0.25, -0.2) is 0 Å². The maximum absolute atomic E-state index is 12.4. The highest BCUT2D eigenvalue weighted by molar-refractivity contribution is 8.00. The molecule has 1 heterocycles. The van der Waals surface area contributed by atoms with Gasteiger partial charge in [-0.05, 0) is 50.7 Å². The van der Waals surface area contributed by atoms with Crippen LogP contribution in [0.4, 0.5) is 0 Å². The lowest BCUT2D eigenvalue weighted by Crippen LogP contribution is -2.47. The van der Waals surface area contributed by atoms with E-state index in [1.165, 1.54) is 16.9 Å². The van der Waals surface area contributed by atoms with Crippen molar-refractivity contribution in [3.05, 3.63) is 29.8 Å². The van der Waals surface area contributed by atoms with Crippen LogP contribution >= 0.6 is 11.8 Å². The van der Waals surface area contributed by atoms with E-state index in [1.54, 1.807) is 11.8 Å². The minimum Gasteiger partial charge on any atom is -0.375 e. The Bertz CT molecular complexity index is 494. The minimum absolute atomic E-state index is 0.0753. The fourth-order valence-electron chi connectivity index (χ4n) is 3.21. The number of Topliss-reactive ketones (excluding diaryl/α,β-unsaturated/α-hetero) is 1. The molecule has 1 unspecified atom stereocenters. The third-order valence-corrected chi connectivity index (χ3v) is 5.87. The van der Waals surface area contributed by atoms with E-state index in [2.05, 4.69) is 19.1 Å². The molecule has 108 valence electrons. The molecular formula is C17H22O2S. The van der Waals surface area contributed by atoms with Crippen LogP contribution in [0.15, 0.2) is 29.2 Å². The Labute approximate surface area is 125 Å². The number of hydrogen-bond acceptors (Lipinski definition) is 3. The lowest BCUT2D eigenvalue weighted by Gasteiger charge is -2.46. The fraction of sp³-hybridized carbons (Fsp3) is 0.588. The standard InChI is InChI=1S/C17H22O2S/c1-13-5-2-3-6-16(13)20-12-15(18)14-7-10-19-17(11-14)8-4-9-17/h2-3,5-6,14H,4,7-12H2,1H3. The lowest BCUT2D eigenvalue weighted by molar-refractivity contribution is -0.154. The molecule has 3 rings (SSSR count). The molecule has 2 aliphatic rings. The van der Waals surface area contributed by atoms with Crippen LogP contribution < -0.4 is 0 Å². The molecule has 1 saturated heterocycles. The Balaban J connectivity index is 1.55. The number of carbonyl (C=O) groups is 1. The molecular weight excluding hydrogens is 268 g/mol. The first-order valence-corrected chi connectivity index (χ1v) is 8.52. The predicted octanol–water partition coefficient (Wildman–Crippen LogP) is 4.01. The summed E-state index contributed by atoms with van der Waals surface area (Å²) in [6.45, 7) is 2.87. The summed E-state index contributed by atoms with van der Waals surface area (Å²) in [6.07, 6.45) is 5.44. The summed E-state index contributed by atoms with van der Waals surface area (Å²) in [4.78, 5) is 13.7. The van der Waals surface area contributed by atoms with E-state index in [0.717, 1.165) is 32.3 Å². The highest BCUT2D eigenvalue weighted by atomic mass is 32.2. The van der Waals surface area contributed by atoms with Crippen molar-refractivity contribution in [3.63, 3.8) is 0 Å². The molecule has 1 aliphatic carbocycles. The molecule has 1 aromatic carbocycles. The summed E-state index contributed by atoms with van der Waals surface area (Å²) in [5, 5.41) is 0. The van der Waals surface area contributed by atoms with Gasteiger partial charge in [-0.2, -0.15) is 0 Å². The summed E-state index contributed by atoms with van der Waals surface area (Å²) in [6, 6.07) is 8.28. The van der Waals surface area contributed by atoms with Crippen molar-refractivity contribution < 1.29 is 9.53 Å². The number of rotatable bonds is 4. The highest BCUT2D eigenvalue weighted by Gasteiger charge is 2.44. The molecule has 2 nitrogen and oxygen atoms in total. The summed E-state index contributed by atoms with van der Waals surface area (Å²) < 4.78 is 5.90. The van der Waals surface area contributed by atoms with Gasteiger partial charge in [0.25, 0.3) is 0 Å². The number of ether oxygens (including phenoxy) is 1. The first kappa shape index (κ1) is 14.2. The van der Waals surface area contributed by atoms with Gasteiger partial charge in [-0.3, -0.25) is 4.79 Å². The molecule has 1 aliphatic heterocycles. The Morgan fingerprint density at radius 3 is 2.90 bits per heavy atom. The quantitative estimate of drug-likeness (QED) is 0.784. The zero-order valence-electron chi connectivity index (χ0n) is 12.1. The van der Waals surface area contributed by atoms with Gasteiger partial charge in [-0.1, -0.05) is 18.2 Å². The van der Waals surface area contributed by atoms with Crippen LogP contribution in [0.1, 0.15) is 37.7 Å². The molecule has 3 heteroatoms. The van der Waals surface area contributed by atoms with Crippen molar-refractivity contribution in [2.45, 2.75) is 49.5 Å². The number of aryl methyl sites for hydroxylation is 1. The molecule has 1 atom stereocenters. The van der Waals surface area contributed by atoms with Crippen molar-refractivity contribution in [2.75, 3.05) is 12.4 Å². The van der Waals surface area contributed by atoms with E-state index in [4.69, 9.17) is 4.74 Å². The SMILES string of the molecule is Cc1ccccc1SCC(=O)C1CCOC2(CCC2)C1. The zero-order valence-corrected chi connectivity index (χ0v) is 12.9. The van der Waals surface area contributed by atoms with E-state index < -0.39 is 0 Å². The number of ketones is 1. The average Bonchev–Trinajstić information content (AvgIpc) is 2.44. The van der Waals surface area contributed by atoms with E-state index in [0.29, 0.717) is 11.5 Å². The van der Waals surface area contributed by atoms with Gasteiger partial charge >= 0.3 is 0 Å². The summed E-state index contributed by atoms with van der Waals surface area (Å²) >= 11 is 1.68. The van der Waals surface area contributed by atoms with Gasteiger partial charge in [0, 0.05) is 17.4 Å². The Morgan fingerprint density at radius 1 is 1.40 bits per heavy atom. The molecule has 0 bridgehead atoms. The number of thioether (sulfide) groups is 1. The van der Waals surface area contributed by atoms with Crippen LogP contribution in [0.2, 0.25) is 0 Å². The van der Waals surface area contributed by atoms with Gasteiger partial charge in [-0.15, -0.1) is 11.8 Å². The molecule has 0 amide bonds. The second kappa shape index (κ2) is 5.90. The van der Waals surface area contributed by atoms with Crippen molar-refractivity contribution in [2.24, 2.45) is 5.92 Å². The summed E-state index contributed by atoms with van der Waals surface area (Å²) in [5.41, 5.74) is 1.33. The van der Waals surface area contributed by atoms with E-state index in [9.17, 15) is 4.79 Å². The molecule has 20 heavy (non-hydrogen) atoms. The van der Waals surface area contributed by atoms with Crippen LogP contribution in [0.25, 0.3) is 0 Å². The maximum atomic E-state index is 12.4. The van der Waals surface area contributed by atoms with Crippen molar-refractivity contribution >= 4 is 17.5 Å². The van der Waals surface area contributed by atoms with Crippen molar-refractivity contribution in [1.29, 1.82) is 0 Å². The second-order valence-electron chi connectivity index (χ2n) is 6.10. The van der Waals surface area contributed by atoms with Crippen LogP contribution in [-0.4, -0.2) is 23.7 Å². The smallest absolute Gasteiger partial charge is 0.146 e. The minimum atomic E-state index is 0.0753. The largest absolute Gasteiger partial charge is 0.375 e.